The highest BCUT2D eigenvalue weighted by molar-refractivity contribution is 7.90. The first-order valence-corrected chi connectivity index (χ1v) is 11.9. The smallest absolute Gasteiger partial charge is 0.214 e. The zero-order valence-electron chi connectivity index (χ0n) is 17.3. The summed E-state index contributed by atoms with van der Waals surface area (Å²) in [5, 5.41) is -0.405. The number of aryl methyl sites for hydroxylation is 1. The Morgan fingerprint density at radius 3 is 2.62 bits per heavy atom. The van der Waals surface area contributed by atoms with Crippen molar-refractivity contribution < 1.29 is 8.42 Å². The molecule has 0 aromatic heterocycles. The number of sulfonamides is 1. The van der Waals surface area contributed by atoms with Crippen molar-refractivity contribution in [1.29, 1.82) is 0 Å². The molecule has 2 aromatic carbocycles. The van der Waals surface area contributed by atoms with E-state index in [1.54, 1.807) is 13.8 Å². The molecule has 29 heavy (non-hydrogen) atoms. The van der Waals surface area contributed by atoms with Crippen LogP contribution in [0.25, 0.3) is 0 Å². The maximum atomic E-state index is 12.2. The van der Waals surface area contributed by atoms with Crippen molar-refractivity contribution in [2.45, 2.75) is 44.4 Å². The Bertz CT molecular complexity index is 1020. The van der Waals surface area contributed by atoms with Crippen LogP contribution in [-0.2, 0) is 10.0 Å². The molecule has 0 aliphatic carbocycles. The lowest BCUT2D eigenvalue weighted by Gasteiger charge is -2.23. The summed E-state index contributed by atoms with van der Waals surface area (Å²) in [6, 6.07) is 16.8. The van der Waals surface area contributed by atoms with Crippen molar-refractivity contribution >= 4 is 21.4 Å². The van der Waals surface area contributed by atoms with Crippen LogP contribution in [0, 0.1) is 6.92 Å². The molecule has 6 heteroatoms. The van der Waals surface area contributed by atoms with Crippen molar-refractivity contribution in [2.75, 3.05) is 19.6 Å². The Balaban J connectivity index is 1.55. The molecule has 2 heterocycles. The number of benzene rings is 2. The summed E-state index contributed by atoms with van der Waals surface area (Å²) in [6.45, 7) is 8.03. The van der Waals surface area contributed by atoms with Crippen molar-refractivity contribution in [1.82, 2.24) is 9.62 Å². The third-order valence-corrected chi connectivity index (χ3v) is 7.84. The van der Waals surface area contributed by atoms with Crippen LogP contribution in [0.2, 0.25) is 0 Å². The largest absolute Gasteiger partial charge is 0.301 e. The Morgan fingerprint density at radius 1 is 1.14 bits per heavy atom. The lowest BCUT2D eigenvalue weighted by Crippen LogP contribution is -2.41. The summed E-state index contributed by atoms with van der Waals surface area (Å²) in [4.78, 5) is 7.39. The molecule has 0 amide bonds. The summed E-state index contributed by atoms with van der Waals surface area (Å²) in [7, 11) is -3.24. The molecule has 0 bridgehead atoms. The number of para-hydroxylation sites is 1. The van der Waals surface area contributed by atoms with E-state index in [0.29, 0.717) is 0 Å². The first kappa shape index (κ1) is 20.3. The van der Waals surface area contributed by atoms with Gasteiger partial charge in [-0.25, -0.2) is 13.1 Å². The fraction of sp³-hybridized carbons (Fsp3) is 0.435. The number of hydrogen-bond acceptors (Lipinski definition) is 4. The molecule has 1 saturated heterocycles. The standard InChI is InChI=1S/C23H29N3O2S/c1-16(2)29(27,28)25-19-12-13-26(14-19)15-21-20-11-7-8-17(3)22(20)24-23(21)18-9-5-4-6-10-18/h4-11,16,19,21,25H,12-15H2,1-3H3. The Hall–Kier alpha value is -2.02. The first-order chi connectivity index (χ1) is 13.8. The molecule has 154 valence electrons. The van der Waals surface area contributed by atoms with Gasteiger partial charge in [0.2, 0.25) is 10.0 Å². The molecular formula is C23H29N3O2S. The van der Waals surface area contributed by atoms with Crippen LogP contribution in [0.5, 0.6) is 0 Å². The van der Waals surface area contributed by atoms with Crippen LogP contribution in [0.4, 0.5) is 5.69 Å². The van der Waals surface area contributed by atoms with Crippen LogP contribution in [0.15, 0.2) is 53.5 Å². The molecule has 0 spiro atoms. The zero-order valence-corrected chi connectivity index (χ0v) is 18.1. The zero-order chi connectivity index (χ0) is 20.6. The van der Waals surface area contributed by atoms with Gasteiger partial charge in [-0.15, -0.1) is 0 Å². The van der Waals surface area contributed by atoms with Crippen molar-refractivity contribution in [3.63, 3.8) is 0 Å². The van der Waals surface area contributed by atoms with E-state index in [1.165, 1.54) is 11.1 Å². The second kappa shape index (κ2) is 8.01. The number of rotatable bonds is 6. The lowest BCUT2D eigenvalue weighted by molar-refractivity contribution is 0.329. The number of nitrogens with zero attached hydrogens (tertiary/aromatic N) is 2. The van der Waals surface area contributed by atoms with Gasteiger partial charge < -0.3 is 4.90 Å². The van der Waals surface area contributed by atoms with Gasteiger partial charge in [-0.05, 0) is 50.4 Å². The molecule has 2 aromatic rings. The van der Waals surface area contributed by atoms with E-state index >= 15 is 0 Å². The fourth-order valence-electron chi connectivity index (χ4n) is 4.24. The maximum absolute atomic E-state index is 12.2. The molecular weight excluding hydrogens is 382 g/mol. The van der Waals surface area contributed by atoms with Gasteiger partial charge in [0.05, 0.1) is 16.6 Å². The quantitative estimate of drug-likeness (QED) is 0.790. The summed E-state index contributed by atoms with van der Waals surface area (Å²) in [5.41, 5.74) is 5.83. The summed E-state index contributed by atoms with van der Waals surface area (Å²) < 4.78 is 27.3. The highest BCUT2D eigenvalue weighted by Crippen LogP contribution is 2.40. The Labute approximate surface area is 173 Å². The van der Waals surface area contributed by atoms with Crippen molar-refractivity contribution in [3.05, 3.63) is 65.2 Å². The Kier molecular flexibility index (Phi) is 5.60. The maximum Gasteiger partial charge on any atom is 0.214 e. The average Bonchev–Trinajstić information content (AvgIpc) is 3.28. The lowest BCUT2D eigenvalue weighted by atomic mass is 9.90. The molecule has 2 atom stereocenters. The van der Waals surface area contributed by atoms with E-state index in [2.05, 4.69) is 59.0 Å². The van der Waals surface area contributed by atoms with E-state index in [4.69, 9.17) is 4.99 Å². The number of aliphatic imine (C=N–C) groups is 1. The van der Waals surface area contributed by atoms with Gasteiger partial charge in [0.1, 0.15) is 0 Å². The van der Waals surface area contributed by atoms with Gasteiger partial charge in [0, 0.05) is 25.0 Å². The third kappa shape index (κ3) is 4.15. The van der Waals surface area contributed by atoms with Crippen LogP contribution in [0.1, 0.15) is 42.9 Å². The van der Waals surface area contributed by atoms with Crippen LogP contribution < -0.4 is 4.72 Å². The third-order valence-electron chi connectivity index (χ3n) is 5.94. The van der Waals surface area contributed by atoms with Gasteiger partial charge in [-0.3, -0.25) is 4.99 Å². The van der Waals surface area contributed by atoms with Gasteiger partial charge in [-0.2, -0.15) is 0 Å². The molecule has 0 saturated carbocycles. The van der Waals surface area contributed by atoms with Crippen LogP contribution >= 0.6 is 0 Å². The topological polar surface area (TPSA) is 61.8 Å². The molecule has 1 fully saturated rings. The monoisotopic (exact) mass is 411 g/mol. The second-order valence-electron chi connectivity index (χ2n) is 8.39. The van der Waals surface area contributed by atoms with E-state index in [0.717, 1.165) is 43.0 Å². The number of likely N-dealkylation sites (tertiary alicyclic amines) is 1. The van der Waals surface area contributed by atoms with Gasteiger partial charge in [0.25, 0.3) is 0 Å². The fourth-order valence-corrected chi connectivity index (χ4v) is 5.17. The minimum atomic E-state index is -3.24. The summed E-state index contributed by atoms with van der Waals surface area (Å²) in [5.74, 6) is 0.202. The average molecular weight is 412 g/mol. The number of fused-ring (bicyclic) bond motifs is 1. The van der Waals surface area contributed by atoms with Crippen LogP contribution in [0.3, 0.4) is 0 Å². The minimum absolute atomic E-state index is 0.0158. The summed E-state index contributed by atoms with van der Waals surface area (Å²) in [6.07, 6.45) is 0.844. The van der Waals surface area contributed by atoms with Gasteiger partial charge >= 0.3 is 0 Å². The normalized spacial score (nSPS) is 22.1. The predicted octanol–water partition coefficient (Wildman–Crippen LogP) is 3.62. The highest BCUT2D eigenvalue weighted by atomic mass is 32.2. The van der Waals surface area contributed by atoms with E-state index in [9.17, 15) is 8.42 Å². The van der Waals surface area contributed by atoms with E-state index < -0.39 is 15.3 Å². The molecule has 2 aliphatic heterocycles. The molecule has 0 radical (unpaired) electrons. The summed E-state index contributed by atoms with van der Waals surface area (Å²) >= 11 is 0. The van der Waals surface area contributed by atoms with Gasteiger partial charge in [-0.1, -0.05) is 48.5 Å². The number of hydrogen-bond donors (Lipinski definition) is 1. The van der Waals surface area contributed by atoms with Gasteiger partial charge in [0.15, 0.2) is 0 Å². The molecule has 5 nitrogen and oxygen atoms in total. The molecule has 2 aliphatic rings. The second-order valence-corrected chi connectivity index (χ2v) is 10.7. The first-order valence-electron chi connectivity index (χ1n) is 10.3. The van der Waals surface area contributed by atoms with Crippen LogP contribution in [-0.4, -0.2) is 50.0 Å². The minimum Gasteiger partial charge on any atom is -0.301 e. The number of nitrogens with one attached hydrogen (secondary N) is 1. The molecule has 1 N–H and O–H groups in total. The highest BCUT2D eigenvalue weighted by Gasteiger charge is 2.34. The van der Waals surface area contributed by atoms with Crippen molar-refractivity contribution in [2.24, 2.45) is 4.99 Å². The SMILES string of the molecule is Cc1cccc2c1N=C(c1ccccc1)C2CN1CCC(NS(=O)(=O)C(C)C)C1. The van der Waals surface area contributed by atoms with E-state index in [-0.39, 0.29) is 12.0 Å². The molecule has 4 rings (SSSR count). The Morgan fingerprint density at radius 2 is 1.90 bits per heavy atom. The predicted molar refractivity (Wildman–Crippen MR) is 119 cm³/mol. The van der Waals surface area contributed by atoms with E-state index in [1.807, 2.05) is 6.07 Å². The van der Waals surface area contributed by atoms with Crippen molar-refractivity contribution in [3.8, 4) is 0 Å². The molecule has 2 unspecified atom stereocenters.